The Labute approximate surface area is 249 Å². The van der Waals surface area contributed by atoms with Gasteiger partial charge in [0.1, 0.15) is 18.2 Å². The van der Waals surface area contributed by atoms with E-state index in [-0.39, 0.29) is 16.5 Å². The van der Waals surface area contributed by atoms with Crippen molar-refractivity contribution in [2.45, 2.75) is 12.6 Å². The smallest absolute Gasteiger partial charge is 0.301 e. The molecule has 1 aliphatic rings. The highest BCUT2D eigenvalue weighted by Gasteiger charge is 2.48. The summed E-state index contributed by atoms with van der Waals surface area (Å²) in [5, 5.41) is 12.0. The molecule has 1 unspecified atom stereocenters. The van der Waals surface area contributed by atoms with Crippen LogP contribution in [0.15, 0.2) is 96.6 Å². The molecule has 0 radical (unpaired) electrons. The number of aliphatic hydroxyl groups is 1. The van der Waals surface area contributed by atoms with E-state index >= 15 is 0 Å². The van der Waals surface area contributed by atoms with E-state index in [1.807, 2.05) is 30.3 Å². The molecule has 0 aliphatic carbocycles. The number of anilines is 1. The Kier molecular flexibility index (Phi) is 7.36. The van der Waals surface area contributed by atoms with Crippen LogP contribution in [0.25, 0.3) is 16.0 Å². The van der Waals surface area contributed by atoms with Gasteiger partial charge in [-0.3, -0.25) is 14.5 Å². The van der Waals surface area contributed by atoms with Gasteiger partial charge in [-0.25, -0.2) is 9.37 Å². The summed E-state index contributed by atoms with van der Waals surface area (Å²) in [6.07, 6.45) is 0. The van der Waals surface area contributed by atoms with Crippen molar-refractivity contribution in [1.82, 2.24) is 4.98 Å². The molecule has 1 aromatic heterocycles. The predicted octanol–water partition coefficient (Wildman–Crippen LogP) is 7.30. The average Bonchev–Trinajstić information content (AvgIpc) is 3.53. The number of hydrogen-bond donors (Lipinski definition) is 1. The van der Waals surface area contributed by atoms with Gasteiger partial charge in [0.2, 0.25) is 0 Å². The first kappa shape index (κ1) is 27.4. The number of hydrogen-bond acceptors (Lipinski definition) is 7. The zero-order chi connectivity index (χ0) is 29.4. The number of methoxy groups -OCH3 is 1. The molecular weight excluding hydrogens is 579 g/mol. The number of benzene rings is 4. The molecule has 0 bridgehead atoms. The monoisotopic (exact) mass is 600 g/mol. The van der Waals surface area contributed by atoms with E-state index in [4.69, 9.17) is 21.1 Å². The van der Waals surface area contributed by atoms with Crippen LogP contribution in [0.2, 0.25) is 5.02 Å². The molecule has 1 N–H and O–H groups in total. The Morgan fingerprint density at radius 2 is 1.76 bits per heavy atom. The first-order valence-electron chi connectivity index (χ1n) is 12.8. The van der Waals surface area contributed by atoms with Crippen molar-refractivity contribution in [3.8, 4) is 11.5 Å². The van der Waals surface area contributed by atoms with Crippen LogP contribution in [-0.4, -0.2) is 28.9 Å². The molecule has 210 valence electrons. The fourth-order valence-electron chi connectivity index (χ4n) is 4.81. The third-order valence-electron chi connectivity index (χ3n) is 6.85. The fourth-order valence-corrected chi connectivity index (χ4v) is 5.95. The van der Waals surface area contributed by atoms with E-state index in [9.17, 15) is 19.1 Å². The number of amides is 1. The van der Waals surface area contributed by atoms with Gasteiger partial charge in [0.25, 0.3) is 5.78 Å². The van der Waals surface area contributed by atoms with Crippen molar-refractivity contribution in [2.75, 3.05) is 12.0 Å². The molecule has 1 fully saturated rings. The highest BCUT2D eigenvalue weighted by atomic mass is 35.5. The first-order chi connectivity index (χ1) is 20.3. The van der Waals surface area contributed by atoms with Gasteiger partial charge in [0.15, 0.2) is 16.6 Å². The zero-order valence-electron chi connectivity index (χ0n) is 22.1. The van der Waals surface area contributed by atoms with E-state index in [0.717, 1.165) is 16.9 Å². The lowest BCUT2D eigenvalue weighted by atomic mass is 9.95. The quantitative estimate of drug-likeness (QED) is 0.120. The second kappa shape index (κ2) is 11.3. The van der Waals surface area contributed by atoms with Crippen molar-refractivity contribution in [3.63, 3.8) is 0 Å². The molecule has 0 spiro atoms. The predicted molar refractivity (Wildman–Crippen MR) is 160 cm³/mol. The Balaban J connectivity index is 1.48. The Bertz CT molecular complexity index is 1860. The van der Waals surface area contributed by atoms with Gasteiger partial charge < -0.3 is 14.6 Å². The number of rotatable bonds is 7. The van der Waals surface area contributed by atoms with Crippen LogP contribution in [0, 0.1) is 5.82 Å². The van der Waals surface area contributed by atoms with Gasteiger partial charge >= 0.3 is 5.91 Å². The second-order valence-corrected chi connectivity index (χ2v) is 10.9. The summed E-state index contributed by atoms with van der Waals surface area (Å²) in [5.74, 6) is -1.76. The summed E-state index contributed by atoms with van der Waals surface area (Å²) in [6, 6.07) is 24.0. The number of ether oxygens (including phenoxy) is 2. The molecule has 42 heavy (non-hydrogen) atoms. The van der Waals surface area contributed by atoms with Crippen LogP contribution in [0.4, 0.5) is 9.52 Å². The van der Waals surface area contributed by atoms with Crippen molar-refractivity contribution in [3.05, 3.63) is 124 Å². The topological polar surface area (TPSA) is 89.0 Å². The number of carbonyl (C=O) groups is 2. The lowest BCUT2D eigenvalue weighted by Crippen LogP contribution is -2.29. The Morgan fingerprint density at radius 3 is 2.50 bits per heavy atom. The number of aromatic nitrogens is 1. The minimum absolute atomic E-state index is 0.132. The highest BCUT2D eigenvalue weighted by molar-refractivity contribution is 7.22. The summed E-state index contributed by atoms with van der Waals surface area (Å²) in [4.78, 5) is 32.8. The van der Waals surface area contributed by atoms with Crippen molar-refractivity contribution >= 4 is 55.7 Å². The Morgan fingerprint density at radius 1 is 1.00 bits per heavy atom. The van der Waals surface area contributed by atoms with Crippen molar-refractivity contribution in [1.29, 1.82) is 0 Å². The second-order valence-electron chi connectivity index (χ2n) is 9.47. The standard InChI is InChI=1S/C32H22ClFN2O5S/c1-40-25-15-20(9-14-24(25)41-17-18-5-3-2-4-6-18)28-27(29(37)19-7-10-21(33)11-8-19)30(38)31(39)36(28)32-35-23-13-12-22(34)16-26(23)42-32/h2-16,28,37H,17H2,1H3/b29-27+. The fraction of sp³-hybridized carbons (Fsp3) is 0.0938. The van der Waals surface area contributed by atoms with E-state index < -0.39 is 23.5 Å². The molecule has 10 heteroatoms. The van der Waals surface area contributed by atoms with Crippen LogP contribution in [0.3, 0.4) is 0 Å². The summed E-state index contributed by atoms with van der Waals surface area (Å²) in [7, 11) is 1.49. The lowest BCUT2D eigenvalue weighted by Gasteiger charge is -2.24. The van der Waals surface area contributed by atoms with E-state index in [1.54, 1.807) is 42.5 Å². The van der Waals surface area contributed by atoms with Crippen LogP contribution in [0.5, 0.6) is 11.5 Å². The number of carbonyl (C=O) groups excluding carboxylic acids is 2. The molecule has 4 aromatic carbocycles. The SMILES string of the molecule is COc1cc(C2/C(=C(\O)c3ccc(Cl)cc3)C(=O)C(=O)N2c2nc3ccc(F)cc3s2)ccc1OCc1ccccc1. The first-order valence-corrected chi connectivity index (χ1v) is 14.0. The zero-order valence-corrected chi connectivity index (χ0v) is 23.7. The highest BCUT2D eigenvalue weighted by Crippen LogP contribution is 2.46. The molecule has 7 nitrogen and oxygen atoms in total. The third kappa shape index (κ3) is 5.08. The number of thiazole rings is 1. The molecule has 0 saturated carbocycles. The largest absolute Gasteiger partial charge is 0.507 e. The minimum Gasteiger partial charge on any atom is -0.507 e. The molecule has 1 aliphatic heterocycles. The maximum atomic E-state index is 13.9. The van der Waals surface area contributed by atoms with Gasteiger partial charge in [0.05, 0.1) is 28.9 Å². The van der Waals surface area contributed by atoms with E-state index in [0.29, 0.717) is 44.5 Å². The van der Waals surface area contributed by atoms with Gasteiger partial charge in [0, 0.05) is 10.6 Å². The van der Waals surface area contributed by atoms with E-state index in [1.165, 1.54) is 30.2 Å². The third-order valence-corrected chi connectivity index (χ3v) is 8.12. The van der Waals surface area contributed by atoms with Crippen LogP contribution >= 0.6 is 22.9 Å². The maximum absolute atomic E-state index is 13.9. The van der Waals surface area contributed by atoms with Crippen LogP contribution in [0.1, 0.15) is 22.7 Å². The van der Waals surface area contributed by atoms with Crippen LogP contribution < -0.4 is 14.4 Å². The molecule has 1 saturated heterocycles. The van der Waals surface area contributed by atoms with E-state index in [2.05, 4.69) is 4.98 Å². The summed E-state index contributed by atoms with van der Waals surface area (Å²) in [6.45, 7) is 0.299. The molecule has 1 atom stereocenters. The average molecular weight is 601 g/mol. The van der Waals surface area contributed by atoms with Gasteiger partial charge in [-0.15, -0.1) is 0 Å². The van der Waals surface area contributed by atoms with Crippen LogP contribution in [-0.2, 0) is 16.2 Å². The maximum Gasteiger partial charge on any atom is 0.301 e. The molecule has 1 amide bonds. The Hall–Kier alpha value is -4.73. The number of halogens is 2. The molecule has 5 aromatic rings. The van der Waals surface area contributed by atoms with Gasteiger partial charge in [-0.05, 0) is 65.7 Å². The van der Waals surface area contributed by atoms with Gasteiger partial charge in [-0.2, -0.15) is 0 Å². The number of nitrogens with zero attached hydrogens (tertiary/aromatic N) is 2. The molecular formula is C32H22ClFN2O5S. The van der Waals surface area contributed by atoms with Crippen molar-refractivity contribution < 1.29 is 28.6 Å². The number of ketones is 1. The number of Topliss-reactive ketones (excluding diaryl/α,β-unsaturated/α-hetero) is 1. The van der Waals surface area contributed by atoms with Crippen molar-refractivity contribution in [2.24, 2.45) is 0 Å². The van der Waals surface area contributed by atoms with Gasteiger partial charge in [-0.1, -0.05) is 59.3 Å². The number of fused-ring (bicyclic) bond motifs is 1. The molecule has 2 heterocycles. The molecule has 6 rings (SSSR count). The minimum atomic E-state index is -1.07. The summed E-state index contributed by atoms with van der Waals surface area (Å²) < 4.78 is 26.1. The normalized spacial score (nSPS) is 16.3. The number of aliphatic hydroxyl groups excluding tert-OH is 1. The summed E-state index contributed by atoms with van der Waals surface area (Å²) >= 11 is 7.10. The lowest BCUT2D eigenvalue weighted by molar-refractivity contribution is -0.132. The summed E-state index contributed by atoms with van der Waals surface area (Å²) in [5.41, 5.74) is 2.08.